The fourth-order valence-electron chi connectivity index (χ4n) is 0.730. The third kappa shape index (κ3) is 3.34. The number of carbonyl (C=O) groups is 1. The monoisotopic (exact) mass is 162 g/mol. The molecule has 0 spiro atoms. The van der Waals surface area contributed by atoms with E-state index in [0.717, 1.165) is 0 Å². The van der Waals surface area contributed by atoms with E-state index < -0.39 is 11.6 Å². The highest BCUT2D eigenvalue weighted by Crippen LogP contribution is 2.13. The first kappa shape index (κ1) is 10.4. The first-order chi connectivity index (χ1) is 4.90. The maximum Gasteiger partial charge on any atom is 0.335 e. The van der Waals surface area contributed by atoms with Crippen molar-refractivity contribution in [2.45, 2.75) is 32.0 Å². The van der Waals surface area contributed by atoms with E-state index in [0.29, 0.717) is 0 Å². The highest BCUT2D eigenvalue weighted by atomic mass is 16.5. The Morgan fingerprint density at radius 2 is 2.18 bits per heavy atom. The van der Waals surface area contributed by atoms with Gasteiger partial charge < -0.3 is 14.9 Å². The Morgan fingerprint density at radius 1 is 1.73 bits per heavy atom. The molecule has 0 fully saturated rings. The second-order valence-electron chi connectivity index (χ2n) is 2.83. The standard InChI is InChI=1S/C7H14O4/c1-5(11-3)4-7(2,10)6(8)9/h5,10H,4H2,1-3H3,(H,8,9)/t5-,7+/m0/s1. The van der Waals surface area contributed by atoms with Gasteiger partial charge in [0, 0.05) is 13.5 Å². The van der Waals surface area contributed by atoms with Gasteiger partial charge in [-0.25, -0.2) is 4.79 Å². The summed E-state index contributed by atoms with van der Waals surface area (Å²) in [6.07, 6.45) is -0.153. The van der Waals surface area contributed by atoms with Crippen LogP contribution in [0.1, 0.15) is 20.3 Å². The first-order valence-electron chi connectivity index (χ1n) is 3.38. The lowest BCUT2D eigenvalue weighted by Gasteiger charge is -2.20. The van der Waals surface area contributed by atoms with Crippen molar-refractivity contribution in [3.63, 3.8) is 0 Å². The fourth-order valence-corrected chi connectivity index (χ4v) is 0.730. The SMILES string of the molecule is CO[C@@H](C)C[C@@](C)(O)C(=O)O. The highest BCUT2D eigenvalue weighted by Gasteiger charge is 2.31. The van der Waals surface area contributed by atoms with E-state index in [2.05, 4.69) is 0 Å². The predicted molar refractivity (Wildman–Crippen MR) is 39.3 cm³/mol. The largest absolute Gasteiger partial charge is 0.479 e. The minimum atomic E-state index is -1.69. The van der Waals surface area contributed by atoms with E-state index in [1.807, 2.05) is 0 Å². The molecule has 0 heterocycles. The molecule has 0 saturated carbocycles. The van der Waals surface area contributed by atoms with Gasteiger partial charge in [0.1, 0.15) is 0 Å². The van der Waals surface area contributed by atoms with Crippen molar-refractivity contribution in [3.05, 3.63) is 0 Å². The van der Waals surface area contributed by atoms with Gasteiger partial charge >= 0.3 is 5.97 Å². The number of carboxylic acid groups (broad SMARTS) is 1. The molecule has 2 N–H and O–H groups in total. The first-order valence-corrected chi connectivity index (χ1v) is 3.38. The molecule has 0 saturated heterocycles. The highest BCUT2D eigenvalue weighted by molar-refractivity contribution is 5.76. The topological polar surface area (TPSA) is 66.8 Å². The van der Waals surface area contributed by atoms with Crippen molar-refractivity contribution in [2.24, 2.45) is 0 Å². The predicted octanol–water partition coefficient (Wildman–Crippen LogP) is 0.247. The Labute approximate surface area is 65.8 Å². The molecular weight excluding hydrogens is 148 g/mol. The van der Waals surface area contributed by atoms with Crippen molar-refractivity contribution in [3.8, 4) is 0 Å². The zero-order valence-corrected chi connectivity index (χ0v) is 7.00. The minimum Gasteiger partial charge on any atom is -0.479 e. The zero-order valence-electron chi connectivity index (χ0n) is 7.00. The molecule has 0 bridgehead atoms. The molecule has 0 aromatic rings. The smallest absolute Gasteiger partial charge is 0.335 e. The quantitative estimate of drug-likeness (QED) is 0.621. The molecule has 11 heavy (non-hydrogen) atoms. The van der Waals surface area contributed by atoms with E-state index in [1.165, 1.54) is 14.0 Å². The molecule has 4 heteroatoms. The molecular formula is C7H14O4. The molecule has 0 aromatic carbocycles. The van der Waals surface area contributed by atoms with Gasteiger partial charge in [-0.15, -0.1) is 0 Å². The van der Waals surface area contributed by atoms with E-state index in [1.54, 1.807) is 6.92 Å². The van der Waals surface area contributed by atoms with Gasteiger partial charge in [0.2, 0.25) is 0 Å². The van der Waals surface area contributed by atoms with Crippen LogP contribution in [0.2, 0.25) is 0 Å². The lowest BCUT2D eigenvalue weighted by Crippen LogP contribution is -2.38. The maximum atomic E-state index is 10.4. The van der Waals surface area contributed by atoms with Crippen LogP contribution in [-0.4, -0.2) is 35.0 Å². The van der Waals surface area contributed by atoms with Crippen molar-refractivity contribution >= 4 is 5.97 Å². The molecule has 0 rings (SSSR count). The Bertz CT molecular complexity index is 141. The number of hydrogen-bond donors (Lipinski definition) is 2. The summed E-state index contributed by atoms with van der Waals surface area (Å²) < 4.78 is 4.81. The van der Waals surface area contributed by atoms with E-state index in [9.17, 15) is 9.90 Å². The summed E-state index contributed by atoms with van der Waals surface area (Å²) in [5, 5.41) is 17.7. The van der Waals surface area contributed by atoms with Gasteiger partial charge in [0.05, 0.1) is 6.10 Å². The number of hydrogen-bond acceptors (Lipinski definition) is 3. The van der Waals surface area contributed by atoms with Crippen LogP contribution in [0.25, 0.3) is 0 Å². The Balaban J connectivity index is 4.01. The van der Waals surface area contributed by atoms with E-state index >= 15 is 0 Å². The number of aliphatic carboxylic acids is 1. The third-order valence-electron chi connectivity index (χ3n) is 1.55. The van der Waals surface area contributed by atoms with Gasteiger partial charge in [0.25, 0.3) is 0 Å². The lowest BCUT2D eigenvalue weighted by atomic mass is 10.00. The number of carboxylic acids is 1. The Morgan fingerprint density at radius 3 is 2.45 bits per heavy atom. The lowest BCUT2D eigenvalue weighted by molar-refractivity contribution is -0.159. The van der Waals surface area contributed by atoms with Gasteiger partial charge in [-0.3, -0.25) is 0 Å². The molecule has 0 radical (unpaired) electrons. The summed E-state index contributed by atoms with van der Waals surface area (Å²) in [6.45, 7) is 2.96. The average Bonchev–Trinajstić information content (AvgIpc) is 1.86. The average molecular weight is 162 g/mol. The zero-order chi connectivity index (χ0) is 9.07. The normalized spacial score (nSPS) is 18.9. The van der Waals surface area contributed by atoms with Crippen LogP contribution in [0.3, 0.4) is 0 Å². The Kier molecular flexibility index (Phi) is 3.48. The van der Waals surface area contributed by atoms with Crippen molar-refractivity contribution in [2.75, 3.05) is 7.11 Å². The van der Waals surface area contributed by atoms with Gasteiger partial charge in [-0.1, -0.05) is 0 Å². The van der Waals surface area contributed by atoms with Crippen LogP contribution in [0.4, 0.5) is 0 Å². The summed E-state index contributed by atoms with van der Waals surface area (Å²) in [5.41, 5.74) is -1.69. The van der Waals surface area contributed by atoms with Crippen molar-refractivity contribution in [1.82, 2.24) is 0 Å². The molecule has 4 nitrogen and oxygen atoms in total. The molecule has 0 aliphatic carbocycles. The second-order valence-corrected chi connectivity index (χ2v) is 2.83. The van der Waals surface area contributed by atoms with E-state index in [4.69, 9.17) is 9.84 Å². The van der Waals surface area contributed by atoms with Crippen LogP contribution in [0.15, 0.2) is 0 Å². The molecule has 0 amide bonds. The Hall–Kier alpha value is -0.610. The molecule has 2 atom stereocenters. The molecule has 0 aromatic heterocycles. The summed E-state index contributed by atoms with van der Waals surface area (Å²) >= 11 is 0. The second kappa shape index (κ2) is 3.69. The third-order valence-corrected chi connectivity index (χ3v) is 1.55. The number of methoxy groups -OCH3 is 1. The maximum absolute atomic E-state index is 10.4. The number of ether oxygens (including phenoxy) is 1. The van der Waals surface area contributed by atoms with Crippen LogP contribution in [-0.2, 0) is 9.53 Å². The van der Waals surface area contributed by atoms with Gasteiger partial charge in [-0.2, -0.15) is 0 Å². The molecule has 66 valence electrons. The molecule has 0 aliphatic heterocycles. The van der Waals surface area contributed by atoms with E-state index in [-0.39, 0.29) is 12.5 Å². The van der Waals surface area contributed by atoms with Crippen molar-refractivity contribution < 1.29 is 19.7 Å². The fraction of sp³-hybridized carbons (Fsp3) is 0.857. The van der Waals surface area contributed by atoms with Crippen LogP contribution in [0.5, 0.6) is 0 Å². The van der Waals surface area contributed by atoms with Crippen LogP contribution >= 0.6 is 0 Å². The summed E-state index contributed by atoms with van der Waals surface area (Å²) in [4.78, 5) is 10.4. The summed E-state index contributed by atoms with van der Waals surface area (Å²) in [6, 6.07) is 0. The number of aliphatic hydroxyl groups is 1. The summed E-state index contributed by atoms with van der Waals surface area (Å²) in [5.74, 6) is -1.22. The van der Waals surface area contributed by atoms with Crippen molar-refractivity contribution in [1.29, 1.82) is 0 Å². The number of rotatable bonds is 4. The minimum absolute atomic E-state index is 0.0961. The molecule has 0 aliphatic rings. The van der Waals surface area contributed by atoms with Gasteiger partial charge in [0.15, 0.2) is 5.60 Å². The van der Waals surface area contributed by atoms with Crippen LogP contribution < -0.4 is 0 Å². The molecule has 0 unspecified atom stereocenters. The van der Waals surface area contributed by atoms with Crippen LogP contribution in [0, 0.1) is 0 Å². The summed E-state index contributed by atoms with van der Waals surface area (Å²) in [7, 11) is 1.47. The van der Waals surface area contributed by atoms with Gasteiger partial charge in [-0.05, 0) is 13.8 Å².